The maximum atomic E-state index is 14.0. The van der Waals surface area contributed by atoms with E-state index in [1.165, 1.54) is 7.05 Å². The summed E-state index contributed by atoms with van der Waals surface area (Å²) in [6.07, 6.45) is -9.79. The van der Waals surface area contributed by atoms with E-state index < -0.39 is 59.8 Å². The number of hydrazone groups is 1. The van der Waals surface area contributed by atoms with Crippen LogP contribution in [-0.2, 0) is 38.2 Å². The average molecular weight is 797 g/mol. The molecule has 1 aliphatic carbocycles. The maximum absolute atomic E-state index is 14.0. The van der Waals surface area contributed by atoms with E-state index in [0.29, 0.717) is 37.3 Å². The Morgan fingerprint density at radius 3 is 1.86 bits per heavy atom. The number of nitrogens with zero attached hydrogens (tertiary/aromatic N) is 6. The zero-order valence-electron chi connectivity index (χ0n) is 31.1. The van der Waals surface area contributed by atoms with Crippen LogP contribution in [0.2, 0.25) is 0 Å². The number of aromatic nitrogens is 2. The molecule has 0 unspecified atom stereocenters. The summed E-state index contributed by atoms with van der Waals surface area (Å²) >= 11 is 0. The summed E-state index contributed by atoms with van der Waals surface area (Å²) in [7, 11) is 1.26. The molecule has 4 N–H and O–H groups in total. The molecule has 0 bridgehead atoms. The molecule has 1 fully saturated rings. The first kappa shape index (κ1) is 42.2. The Hall–Kier alpha value is -4.93. The lowest BCUT2D eigenvalue weighted by Gasteiger charge is -2.34. The molecule has 304 valence electrons. The zero-order valence-corrected chi connectivity index (χ0v) is 31.1. The monoisotopic (exact) mass is 796 g/mol. The number of hydrogen-bond donors (Lipinski definition) is 2. The summed E-state index contributed by atoms with van der Waals surface area (Å²) in [6.45, 7) is 10.8. The molecule has 1 aliphatic rings. The molecule has 2 aromatic heterocycles. The van der Waals surface area contributed by atoms with Gasteiger partial charge >= 0.3 is 18.5 Å². The Bertz CT molecular complexity index is 2030. The van der Waals surface area contributed by atoms with Crippen LogP contribution in [0.1, 0.15) is 66.8 Å². The zero-order chi connectivity index (χ0) is 41.2. The Labute approximate surface area is 318 Å². The van der Waals surface area contributed by atoms with E-state index in [4.69, 9.17) is 11.6 Å². The summed E-state index contributed by atoms with van der Waals surface area (Å²) in [5, 5.41) is 8.63. The topological polar surface area (TPSA) is 91.9 Å². The molecule has 4 aromatic rings. The van der Waals surface area contributed by atoms with Gasteiger partial charge in [0.05, 0.1) is 16.7 Å². The molecule has 2 aromatic carbocycles. The van der Waals surface area contributed by atoms with Crippen molar-refractivity contribution in [1.29, 1.82) is 0 Å². The van der Waals surface area contributed by atoms with Crippen molar-refractivity contribution < 1.29 is 39.5 Å². The van der Waals surface area contributed by atoms with Gasteiger partial charge < -0.3 is 20.1 Å². The molecule has 0 atom stereocenters. The highest BCUT2D eigenvalue weighted by Crippen LogP contribution is 2.38. The fraction of sp³-hybridized carbons (Fsp3) is 0.436. The smallest absolute Gasteiger partial charge is 0.368 e. The number of rotatable bonds is 12. The molecular formula is C39H45F9N8. The molecule has 0 aliphatic heterocycles. The molecule has 1 saturated carbocycles. The fourth-order valence-corrected chi connectivity index (χ4v) is 7.44. The van der Waals surface area contributed by atoms with E-state index in [1.54, 1.807) is 0 Å². The van der Waals surface area contributed by atoms with Crippen LogP contribution in [-0.4, -0.2) is 45.7 Å². The molecule has 17 heteroatoms. The number of fused-ring (bicyclic) bond motifs is 1. The number of guanidine groups is 1. The first-order valence-corrected chi connectivity index (χ1v) is 18.1. The van der Waals surface area contributed by atoms with E-state index in [9.17, 15) is 39.5 Å². The highest BCUT2D eigenvalue weighted by atomic mass is 19.4. The molecular weight excluding hydrogens is 751 g/mol. The average Bonchev–Trinajstić information content (AvgIpc) is 3.36. The summed E-state index contributed by atoms with van der Waals surface area (Å²) in [6, 6.07) is 9.92. The van der Waals surface area contributed by atoms with Gasteiger partial charge in [0, 0.05) is 73.0 Å². The second-order valence-electron chi connectivity index (χ2n) is 14.3. The fourth-order valence-electron chi connectivity index (χ4n) is 7.44. The minimum atomic E-state index is -5.12. The van der Waals surface area contributed by atoms with Gasteiger partial charge in [0.1, 0.15) is 5.82 Å². The van der Waals surface area contributed by atoms with Crippen LogP contribution in [0.15, 0.2) is 59.8 Å². The largest absolute Gasteiger partial charge is 0.417 e. The van der Waals surface area contributed by atoms with Crippen LogP contribution in [0.25, 0.3) is 23.9 Å². The van der Waals surface area contributed by atoms with Crippen molar-refractivity contribution in [3.63, 3.8) is 0 Å². The predicted octanol–water partition coefficient (Wildman–Crippen LogP) is 7.67. The van der Waals surface area contributed by atoms with Gasteiger partial charge in [0.2, 0.25) is 5.96 Å². The number of alkyl halides is 9. The Balaban J connectivity index is 1.38. The lowest BCUT2D eigenvalue weighted by Crippen LogP contribution is -2.40. The van der Waals surface area contributed by atoms with Crippen molar-refractivity contribution in [3.8, 4) is 0 Å². The lowest BCUT2D eigenvalue weighted by atomic mass is 9.80. The molecule has 8 nitrogen and oxygen atoms in total. The third kappa shape index (κ3) is 10.1. The van der Waals surface area contributed by atoms with Crippen LogP contribution >= 0.6 is 0 Å². The number of benzene rings is 2. The van der Waals surface area contributed by atoms with Gasteiger partial charge in [0.25, 0.3) is 0 Å². The molecule has 2 heterocycles. The van der Waals surface area contributed by atoms with E-state index >= 15 is 0 Å². The Morgan fingerprint density at radius 1 is 0.821 bits per heavy atom. The van der Waals surface area contributed by atoms with Crippen molar-refractivity contribution in [2.45, 2.75) is 77.2 Å². The third-order valence-electron chi connectivity index (χ3n) is 10.3. The van der Waals surface area contributed by atoms with Crippen molar-refractivity contribution in [2.24, 2.45) is 28.5 Å². The van der Waals surface area contributed by atoms with Crippen LogP contribution < -0.4 is 27.2 Å². The predicted molar refractivity (Wildman–Crippen MR) is 199 cm³/mol. The van der Waals surface area contributed by atoms with Crippen molar-refractivity contribution in [2.75, 3.05) is 25.0 Å². The first-order valence-electron chi connectivity index (χ1n) is 18.1. The second kappa shape index (κ2) is 16.7. The minimum absolute atomic E-state index is 0.0109. The molecule has 0 saturated heterocycles. The molecule has 5 rings (SSSR count). The summed E-state index contributed by atoms with van der Waals surface area (Å²) in [5.41, 5.74) is 1.47. The second-order valence-corrected chi connectivity index (χ2v) is 14.3. The highest BCUT2D eigenvalue weighted by Gasteiger charge is 2.38. The Morgan fingerprint density at radius 2 is 1.36 bits per heavy atom. The molecule has 56 heavy (non-hydrogen) atoms. The summed E-state index contributed by atoms with van der Waals surface area (Å²) < 4.78 is 126. The highest BCUT2D eigenvalue weighted by molar-refractivity contribution is 5.83. The van der Waals surface area contributed by atoms with Crippen LogP contribution in [0.4, 0.5) is 45.3 Å². The molecule has 0 amide bonds. The van der Waals surface area contributed by atoms with E-state index in [0.717, 1.165) is 76.2 Å². The van der Waals surface area contributed by atoms with Gasteiger partial charge in [-0.15, -0.1) is 5.10 Å². The van der Waals surface area contributed by atoms with Gasteiger partial charge in [-0.2, -0.15) is 39.5 Å². The van der Waals surface area contributed by atoms with Crippen molar-refractivity contribution in [1.82, 2.24) is 19.6 Å². The van der Waals surface area contributed by atoms with Crippen molar-refractivity contribution in [3.05, 3.63) is 93.2 Å². The van der Waals surface area contributed by atoms with Gasteiger partial charge in [0.15, 0.2) is 0 Å². The molecule has 0 spiro atoms. The van der Waals surface area contributed by atoms with Crippen LogP contribution in [0.3, 0.4) is 0 Å². The lowest BCUT2D eigenvalue weighted by molar-refractivity contribution is -0.143. The Kier molecular flexibility index (Phi) is 12.6. The number of pyridine rings is 1. The van der Waals surface area contributed by atoms with E-state index in [1.807, 2.05) is 36.1 Å². The number of hydrazine groups is 1. The van der Waals surface area contributed by atoms with Gasteiger partial charge in [-0.25, -0.2) is 15.9 Å². The minimum Gasteiger partial charge on any atom is -0.368 e. The standard InChI is InChI=1S/C39H45F9N8/c1-5-54(21-27-12-10-26(11-13-27)14-15-56-24(2)33-8-6-7-9-34(33)25(56)3)35-29(18-32(20-51-35)39(46,47)48)23-55(36(49)52-53(4)50)22-28-16-30(37(40,41)42)19-31(17-28)38(43,44)45/h6-9,16-20,26-27H,2-3,5,10-15,21-23,50H2,1,4H3,(H2,49,52). The van der Waals surface area contributed by atoms with Crippen LogP contribution in [0, 0.1) is 11.8 Å². The third-order valence-corrected chi connectivity index (χ3v) is 10.3. The molecule has 0 radical (unpaired) electrons. The van der Waals surface area contributed by atoms with Gasteiger partial charge in [-0.05, 0) is 67.9 Å². The number of anilines is 1. The van der Waals surface area contributed by atoms with Gasteiger partial charge in [-0.1, -0.05) is 50.3 Å². The normalized spacial score (nSPS) is 17.0. The van der Waals surface area contributed by atoms with Gasteiger partial charge in [-0.3, -0.25) is 0 Å². The van der Waals surface area contributed by atoms with Crippen LogP contribution in [0.5, 0.6) is 0 Å². The maximum Gasteiger partial charge on any atom is 0.417 e. The summed E-state index contributed by atoms with van der Waals surface area (Å²) in [4.78, 5) is 7.11. The SMILES string of the molecule is C=c1c2ccccc2c(=C)n1CCC1CCC(CN(CC)c2ncc(C(F)(F)F)cc2CN(Cc2cc(C(F)(F)F)cc(C(F)(F)F)c2)/C(N)=N/N(C)N)CC1. The first-order chi connectivity index (χ1) is 26.1. The van der Waals surface area contributed by atoms with E-state index in [2.05, 4.69) is 27.8 Å². The number of nitrogens with two attached hydrogens (primary N) is 2. The number of halogens is 9. The summed E-state index contributed by atoms with van der Waals surface area (Å²) in [5.74, 6) is 5.97. The number of hydrogen-bond acceptors (Lipinski definition) is 5. The quantitative estimate of drug-likeness (QED) is 0.0503. The van der Waals surface area contributed by atoms with E-state index in [-0.39, 0.29) is 23.4 Å². The van der Waals surface area contributed by atoms with Crippen molar-refractivity contribution >= 4 is 35.7 Å².